The third-order valence-corrected chi connectivity index (χ3v) is 9.87. The molecule has 2 aliphatic carbocycles. The van der Waals surface area contributed by atoms with Gasteiger partial charge < -0.3 is 29.0 Å². The molecule has 1 heterocycles. The number of hydrogen-bond acceptors (Lipinski definition) is 6. The Hall–Kier alpha value is -3.13. The number of halogens is 1. The van der Waals surface area contributed by atoms with Crippen LogP contribution in [-0.2, 0) is 28.1 Å². The van der Waals surface area contributed by atoms with Gasteiger partial charge in [-0.3, -0.25) is 0 Å². The average molecular weight is 576 g/mol. The Morgan fingerprint density at radius 2 is 1.67 bits per heavy atom. The van der Waals surface area contributed by atoms with Gasteiger partial charge in [-0.25, -0.2) is 4.39 Å². The number of methoxy groups -OCH3 is 3. The van der Waals surface area contributed by atoms with E-state index in [2.05, 4.69) is 4.90 Å². The molecule has 7 heteroatoms. The fourth-order valence-corrected chi connectivity index (χ4v) is 7.59. The van der Waals surface area contributed by atoms with Crippen LogP contribution in [0.3, 0.4) is 0 Å². The molecule has 3 aromatic rings. The first-order valence-electron chi connectivity index (χ1n) is 15.1. The van der Waals surface area contributed by atoms with Crippen molar-refractivity contribution in [1.82, 2.24) is 0 Å². The zero-order valence-corrected chi connectivity index (χ0v) is 24.9. The molecule has 6 nitrogen and oxygen atoms in total. The highest BCUT2D eigenvalue weighted by atomic mass is 19.1. The van der Waals surface area contributed by atoms with E-state index in [1.54, 1.807) is 27.4 Å². The van der Waals surface area contributed by atoms with Gasteiger partial charge in [-0.2, -0.15) is 0 Å². The van der Waals surface area contributed by atoms with Gasteiger partial charge in [-0.1, -0.05) is 36.4 Å². The molecule has 1 N–H and O–H groups in total. The molecule has 1 aliphatic heterocycles. The number of fused-ring (bicyclic) bond motifs is 1. The Morgan fingerprint density at radius 1 is 0.929 bits per heavy atom. The zero-order valence-electron chi connectivity index (χ0n) is 24.9. The number of anilines is 1. The molecule has 1 unspecified atom stereocenters. The van der Waals surface area contributed by atoms with E-state index in [1.165, 1.54) is 6.07 Å². The summed E-state index contributed by atoms with van der Waals surface area (Å²) in [5.74, 6) is 1.37. The van der Waals surface area contributed by atoms with E-state index < -0.39 is 5.60 Å². The standard InChI is InChI=1S/C35H42FNO5/c1-39-32-20-31(37-16-14-34(15-17-37)21-26(22-34)33(40-2)41-3)30(36)19-29(32)35(38)13-7-10-25-18-27(11-12-28(25)35)42-23-24-8-5-4-6-9-24/h4-6,8-9,11-12,18-20,26,33,38H,7,10,13-17,21-23H2,1-3H3. The fraction of sp³-hybridized carbons (Fsp3) is 0.486. The highest BCUT2D eigenvalue weighted by molar-refractivity contribution is 5.59. The Bertz CT molecular complexity index is 1380. The maximum atomic E-state index is 15.9. The maximum Gasteiger partial charge on any atom is 0.159 e. The van der Waals surface area contributed by atoms with Crippen LogP contribution in [0.5, 0.6) is 11.5 Å². The number of ether oxygens (including phenoxy) is 4. The van der Waals surface area contributed by atoms with Crippen molar-refractivity contribution in [1.29, 1.82) is 0 Å². The molecule has 0 amide bonds. The van der Waals surface area contributed by atoms with Gasteiger partial charge in [-0.05, 0) is 85.3 Å². The molecule has 2 fully saturated rings. The van der Waals surface area contributed by atoms with Gasteiger partial charge in [0.1, 0.15) is 29.5 Å². The van der Waals surface area contributed by atoms with Crippen molar-refractivity contribution < 1.29 is 28.4 Å². The number of nitrogens with zero attached hydrogens (tertiary/aromatic N) is 1. The molecule has 42 heavy (non-hydrogen) atoms. The van der Waals surface area contributed by atoms with Gasteiger partial charge in [0.05, 0.1) is 12.8 Å². The fourth-order valence-electron chi connectivity index (χ4n) is 7.59. The van der Waals surface area contributed by atoms with E-state index in [-0.39, 0.29) is 12.1 Å². The second-order valence-corrected chi connectivity index (χ2v) is 12.3. The molecule has 0 bridgehead atoms. The highest BCUT2D eigenvalue weighted by Crippen LogP contribution is 2.55. The number of aryl methyl sites for hydroxylation is 1. The van der Waals surface area contributed by atoms with E-state index in [0.717, 1.165) is 74.1 Å². The lowest BCUT2D eigenvalue weighted by atomic mass is 9.57. The van der Waals surface area contributed by atoms with Crippen LogP contribution in [0.2, 0.25) is 0 Å². The van der Waals surface area contributed by atoms with E-state index in [4.69, 9.17) is 18.9 Å². The highest BCUT2D eigenvalue weighted by Gasteiger charge is 2.49. The first-order valence-corrected chi connectivity index (χ1v) is 15.1. The molecule has 1 saturated heterocycles. The van der Waals surface area contributed by atoms with Crippen LogP contribution in [0.1, 0.15) is 60.8 Å². The molecule has 1 atom stereocenters. The number of aliphatic hydroxyl groups is 1. The first-order chi connectivity index (χ1) is 20.4. The summed E-state index contributed by atoms with van der Waals surface area (Å²) in [6.45, 7) is 2.05. The minimum absolute atomic E-state index is 0.146. The quantitative estimate of drug-likeness (QED) is 0.290. The van der Waals surface area contributed by atoms with Crippen LogP contribution in [0, 0.1) is 17.2 Å². The van der Waals surface area contributed by atoms with Crippen molar-refractivity contribution in [3.05, 3.63) is 88.7 Å². The minimum atomic E-state index is -1.34. The van der Waals surface area contributed by atoms with Gasteiger partial charge in [0.15, 0.2) is 6.29 Å². The third kappa shape index (κ3) is 5.38. The van der Waals surface area contributed by atoms with Gasteiger partial charge in [0, 0.05) is 44.9 Å². The zero-order chi connectivity index (χ0) is 29.3. The average Bonchev–Trinajstić information content (AvgIpc) is 3.00. The Morgan fingerprint density at radius 3 is 2.36 bits per heavy atom. The van der Waals surface area contributed by atoms with Crippen LogP contribution >= 0.6 is 0 Å². The molecule has 0 aromatic heterocycles. The summed E-state index contributed by atoms with van der Waals surface area (Å²) in [6, 6.07) is 19.1. The minimum Gasteiger partial charge on any atom is -0.496 e. The lowest BCUT2D eigenvalue weighted by Gasteiger charge is -2.54. The van der Waals surface area contributed by atoms with Crippen molar-refractivity contribution in [2.75, 3.05) is 39.3 Å². The predicted molar refractivity (Wildman–Crippen MR) is 161 cm³/mol. The molecule has 3 aromatic carbocycles. The summed E-state index contributed by atoms with van der Waals surface area (Å²) in [4.78, 5) is 2.12. The SMILES string of the molecule is COc1cc(N2CCC3(CC2)CC(C(OC)OC)C3)c(F)cc1C1(O)CCCc2cc(OCc3ccccc3)ccc21. The van der Waals surface area contributed by atoms with Crippen LogP contribution in [0.15, 0.2) is 60.7 Å². The van der Waals surface area contributed by atoms with E-state index in [0.29, 0.717) is 41.4 Å². The second-order valence-electron chi connectivity index (χ2n) is 12.3. The summed E-state index contributed by atoms with van der Waals surface area (Å²) in [7, 11) is 4.99. The largest absolute Gasteiger partial charge is 0.496 e. The summed E-state index contributed by atoms with van der Waals surface area (Å²) >= 11 is 0. The van der Waals surface area contributed by atoms with Gasteiger partial charge in [0.25, 0.3) is 0 Å². The van der Waals surface area contributed by atoms with Crippen molar-refractivity contribution in [2.24, 2.45) is 11.3 Å². The van der Waals surface area contributed by atoms with Gasteiger partial charge >= 0.3 is 0 Å². The molecule has 3 aliphatic rings. The summed E-state index contributed by atoms with van der Waals surface area (Å²) in [5, 5.41) is 12.1. The van der Waals surface area contributed by atoms with Crippen LogP contribution in [0.25, 0.3) is 0 Å². The topological polar surface area (TPSA) is 60.4 Å². The van der Waals surface area contributed by atoms with E-state index in [9.17, 15) is 5.11 Å². The lowest BCUT2D eigenvalue weighted by molar-refractivity contribution is -0.184. The number of rotatable bonds is 9. The van der Waals surface area contributed by atoms with E-state index >= 15 is 4.39 Å². The van der Waals surface area contributed by atoms with Crippen LogP contribution < -0.4 is 14.4 Å². The van der Waals surface area contributed by atoms with Crippen molar-refractivity contribution in [2.45, 2.75) is 63.4 Å². The predicted octanol–water partition coefficient (Wildman–Crippen LogP) is 6.60. The molecule has 224 valence electrons. The first kappa shape index (κ1) is 29.0. The van der Waals surface area contributed by atoms with Crippen molar-refractivity contribution in [3.8, 4) is 11.5 Å². The molecule has 1 spiro atoms. The third-order valence-electron chi connectivity index (χ3n) is 9.87. The summed E-state index contributed by atoms with van der Waals surface area (Å²) in [5.41, 5.74) is 2.87. The van der Waals surface area contributed by atoms with Crippen molar-refractivity contribution >= 4 is 5.69 Å². The second kappa shape index (κ2) is 11.9. The van der Waals surface area contributed by atoms with Gasteiger partial charge in [-0.15, -0.1) is 0 Å². The van der Waals surface area contributed by atoms with E-state index in [1.807, 2.05) is 48.5 Å². The summed E-state index contributed by atoms with van der Waals surface area (Å²) < 4.78 is 38.7. The lowest BCUT2D eigenvalue weighted by Crippen LogP contribution is -2.50. The molecule has 0 radical (unpaired) electrons. The van der Waals surface area contributed by atoms with Crippen LogP contribution in [0.4, 0.5) is 10.1 Å². The smallest absolute Gasteiger partial charge is 0.159 e. The number of hydrogen-bond donors (Lipinski definition) is 1. The number of piperidine rings is 1. The summed E-state index contributed by atoms with van der Waals surface area (Å²) in [6.07, 6.45) is 6.16. The maximum absolute atomic E-state index is 15.9. The Labute approximate surface area is 248 Å². The Kier molecular flexibility index (Phi) is 8.18. The van der Waals surface area contributed by atoms with Crippen LogP contribution in [-0.4, -0.2) is 45.8 Å². The van der Waals surface area contributed by atoms with Gasteiger partial charge in [0.2, 0.25) is 0 Å². The molecule has 1 saturated carbocycles. The Balaban J connectivity index is 1.19. The number of benzene rings is 3. The molecular formula is C35H42FNO5. The molecular weight excluding hydrogens is 533 g/mol. The monoisotopic (exact) mass is 575 g/mol. The normalized spacial score (nSPS) is 21.7. The van der Waals surface area contributed by atoms with Crippen molar-refractivity contribution in [3.63, 3.8) is 0 Å². The molecule has 6 rings (SSSR count).